The van der Waals surface area contributed by atoms with E-state index in [0.29, 0.717) is 19.3 Å². The van der Waals surface area contributed by atoms with Crippen LogP contribution in [0.2, 0.25) is 0 Å². The third-order valence-corrected chi connectivity index (χ3v) is 11.4. The van der Waals surface area contributed by atoms with E-state index in [1.54, 1.807) is 0 Å². The predicted octanol–water partition coefficient (Wildman–Crippen LogP) is 14.9. The van der Waals surface area contributed by atoms with Crippen LogP contribution in [0.25, 0.3) is 0 Å². The smallest absolute Gasteiger partial charge is 0.306 e. The van der Waals surface area contributed by atoms with E-state index in [-0.39, 0.29) is 24.9 Å². The first kappa shape index (κ1) is 56.1. The fraction of sp³-hybridized carbons (Fsp3) is 0.846. The second-order valence-electron chi connectivity index (χ2n) is 17.2. The second kappa shape index (κ2) is 46.2. The number of carbonyl (C=O) groups excluding carboxylic acids is 2. The molecule has 340 valence electrons. The number of hydrogen-bond acceptors (Lipinski definition) is 5. The third kappa shape index (κ3) is 40.8. The Balaban J connectivity index is 4.60. The fourth-order valence-electron chi connectivity index (χ4n) is 7.57. The maximum absolute atomic E-state index is 13.2. The molecule has 0 fully saturated rings. The Hall–Kier alpha value is -1.92. The molecule has 3 atom stereocenters. The fourth-order valence-corrected chi connectivity index (χ4v) is 7.57. The van der Waals surface area contributed by atoms with Crippen molar-refractivity contribution in [2.24, 2.45) is 0 Å². The maximum Gasteiger partial charge on any atom is 0.306 e. The first-order chi connectivity index (χ1) is 28.5. The van der Waals surface area contributed by atoms with Gasteiger partial charge in [0, 0.05) is 6.42 Å². The van der Waals surface area contributed by atoms with Gasteiger partial charge in [0.05, 0.1) is 25.2 Å². The molecule has 0 spiro atoms. The molecular weight excluding hydrogens is 719 g/mol. The molecule has 6 heteroatoms. The minimum absolute atomic E-state index is 0.0683. The lowest BCUT2D eigenvalue weighted by molar-refractivity contribution is -0.151. The topological polar surface area (TPSA) is 95.9 Å². The SMILES string of the molecule is CCCCC/C=C\C/C=C\CCCCCCCC(CC(=O)NC(CO)C(O)CCCCCCCCCCC)OC(=O)CCCCCCCCC/C=C\CCCCCC. The molecule has 0 aliphatic heterocycles. The van der Waals surface area contributed by atoms with E-state index in [2.05, 4.69) is 62.5 Å². The van der Waals surface area contributed by atoms with Crippen LogP contribution in [0.3, 0.4) is 0 Å². The van der Waals surface area contributed by atoms with Crippen molar-refractivity contribution < 1.29 is 24.5 Å². The summed E-state index contributed by atoms with van der Waals surface area (Å²) in [6, 6.07) is -0.703. The predicted molar refractivity (Wildman–Crippen MR) is 250 cm³/mol. The Morgan fingerprint density at radius 1 is 0.500 bits per heavy atom. The van der Waals surface area contributed by atoms with Gasteiger partial charge in [0.15, 0.2) is 0 Å². The zero-order valence-electron chi connectivity index (χ0n) is 38.7. The van der Waals surface area contributed by atoms with E-state index in [4.69, 9.17) is 4.74 Å². The molecule has 0 saturated carbocycles. The molecule has 0 aromatic rings. The molecule has 0 heterocycles. The molecule has 6 nitrogen and oxygen atoms in total. The van der Waals surface area contributed by atoms with Gasteiger partial charge < -0.3 is 20.3 Å². The standard InChI is InChI=1S/C52H97NO5/c1-4-7-10-13-16-19-21-23-25-27-29-32-34-37-40-43-48(46-51(56)53-49(47-54)50(55)44-41-38-35-31-18-15-12-9-6-3)58-52(57)45-42-39-36-33-30-28-26-24-22-20-17-14-11-8-5-2/h16,19-20,22-23,25,48-50,54-55H,4-15,17-18,21,24,26-47H2,1-3H3,(H,53,56)/b19-16-,22-20-,25-23-. The van der Waals surface area contributed by atoms with Gasteiger partial charge in [-0.2, -0.15) is 0 Å². The molecule has 0 saturated heterocycles. The highest BCUT2D eigenvalue weighted by atomic mass is 16.5. The van der Waals surface area contributed by atoms with Gasteiger partial charge in [0.2, 0.25) is 5.91 Å². The van der Waals surface area contributed by atoms with Crippen LogP contribution in [0.5, 0.6) is 0 Å². The first-order valence-electron chi connectivity index (χ1n) is 25.2. The van der Waals surface area contributed by atoms with E-state index in [1.807, 2.05) is 0 Å². The number of aliphatic hydroxyl groups is 2. The molecule has 3 N–H and O–H groups in total. The van der Waals surface area contributed by atoms with Crippen molar-refractivity contribution in [3.8, 4) is 0 Å². The van der Waals surface area contributed by atoms with Gasteiger partial charge in [-0.25, -0.2) is 0 Å². The number of carbonyl (C=O) groups is 2. The van der Waals surface area contributed by atoms with Crippen LogP contribution in [0, 0.1) is 0 Å². The monoisotopic (exact) mass is 816 g/mol. The van der Waals surface area contributed by atoms with E-state index in [0.717, 1.165) is 70.6 Å². The Morgan fingerprint density at radius 2 is 0.879 bits per heavy atom. The zero-order chi connectivity index (χ0) is 42.4. The number of hydrogen-bond donors (Lipinski definition) is 3. The number of ether oxygens (including phenoxy) is 1. The number of nitrogens with one attached hydrogen (secondary N) is 1. The van der Waals surface area contributed by atoms with Crippen LogP contribution < -0.4 is 5.32 Å². The Morgan fingerprint density at radius 3 is 1.38 bits per heavy atom. The Labute approximate surface area is 360 Å². The lowest BCUT2D eigenvalue weighted by Crippen LogP contribution is -2.46. The van der Waals surface area contributed by atoms with Gasteiger partial charge in [-0.1, -0.05) is 198 Å². The molecule has 3 unspecified atom stereocenters. The average Bonchev–Trinajstić information content (AvgIpc) is 3.22. The van der Waals surface area contributed by atoms with Crippen LogP contribution in [0.15, 0.2) is 36.5 Å². The summed E-state index contributed by atoms with van der Waals surface area (Å²) >= 11 is 0. The van der Waals surface area contributed by atoms with Gasteiger partial charge >= 0.3 is 5.97 Å². The molecule has 0 aliphatic carbocycles. The van der Waals surface area contributed by atoms with Crippen molar-refractivity contribution >= 4 is 11.9 Å². The number of esters is 1. The molecule has 0 rings (SSSR count). The van der Waals surface area contributed by atoms with Crippen molar-refractivity contribution in [1.82, 2.24) is 5.32 Å². The molecule has 58 heavy (non-hydrogen) atoms. The first-order valence-corrected chi connectivity index (χ1v) is 25.2. The molecule has 0 aliphatic rings. The summed E-state index contributed by atoms with van der Waals surface area (Å²) in [5.41, 5.74) is 0. The van der Waals surface area contributed by atoms with Crippen LogP contribution in [-0.4, -0.2) is 46.9 Å². The molecular formula is C52H97NO5. The van der Waals surface area contributed by atoms with E-state index >= 15 is 0 Å². The summed E-state index contributed by atoms with van der Waals surface area (Å²) in [5.74, 6) is -0.487. The average molecular weight is 816 g/mol. The van der Waals surface area contributed by atoms with Crippen molar-refractivity contribution in [2.45, 2.75) is 277 Å². The summed E-state index contributed by atoms with van der Waals surface area (Å²) in [4.78, 5) is 26.1. The zero-order valence-corrected chi connectivity index (χ0v) is 38.7. The summed E-state index contributed by atoms with van der Waals surface area (Å²) in [5, 5.41) is 23.7. The summed E-state index contributed by atoms with van der Waals surface area (Å²) in [6.07, 6.45) is 53.4. The quantitative estimate of drug-likeness (QED) is 0.0323. The third-order valence-electron chi connectivity index (χ3n) is 11.4. The highest BCUT2D eigenvalue weighted by Crippen LogP contribution is 2.17. The van der Waals surface area contributed by atoms with Gasteiger partial charge in [-0.15, -0.1) is 0 Å². The number of rotatable bonds is 45. The number of aliphatic hydroxyl groups excluding tert-OH is 2. The molecule has 0 aromatic heterocycles. The maximum atomic E-state index is 13.2. The second-order valence-corrected chi connectivity index (χ2v) is 17.2. The molecule has 0 aromatic carbocycles. The van der Waals surface area contributed by atoms with Crippen molar-refractivity contribution in [3.05, 3.63) is 36.5 Å². The van der Waals surface area contributed by atoms with Crippen LogP contribution in [0.1, 0.15) is 258 Å². The van der Waals surface area contributed by atoms with Crippen LogP contribution in [0.4, 0.5) is 0 Å². The van der Waals surface area contributed by atoms with Gasteiger partial charge in [-0.05, 0) is 83.5 Å². The largest absolute Gasteiger partial charge is 0.462 e. The van der Waals surface area contributed by atoms with Crippen molar-refractivity contribution in [1.29, 1.82) is 0 Å². The number of amides is 1. The van der Waals surface area contributed by atoms with Gasteiger partial charge in [0.1, 0.15) is 6.10 Å². The van der Waals surface area contributed by atoms with Crippen LogP contribution in [-0.2, 0) is 14.3 Å². The molecule has 0 radical (unpaired) electrons. The normalized spacial score (nSPS) is 13.5. The number of unbranched alkanes of at least 4 members (excludes halogenated alkanes) is 27. The van der Waals surface area contributed by atoms with Gasteiger partial charge in [-0.3, -0.25) is 9.59 Å². The van der Waals surface area contributed by atoms with Crippen LogP contribution >= 0.6 is 0 Å². The minimum Gasteiger partial charge on any atom is -0.462 e. The van der Waals surface area contributed by atoms with E-state index in [1.165, 1.54) is 141 Å². The molecule has 1 amide bonds. The van der Waals surface area contributed by atoms with Gasteiger partial charge in [0.25, 0.3) is 0 Å². The summed E-state index contributed by atoms with van der Waals surface area (Å²) in [7, 11) is 0. The summed E-state index contributed by atoms with van der Waals surface area (Å²) in [6.45, 7) is 6.43. The lowest BCUT2D eigenvalue weighted by Gasteiger charge is -2.24. The lowest BCUT2D eigenvalue weighted by atomic mass is 10.0. The Kier molecular flexibility index (Phi) is 44.6. The number of allylic oxidation sites excluding steroid dienone is 6. The highest BCUT2D eigenvalue weighted by molar-refractivity contribution is 5.77. The van der Waals surface area contributed by atoms with E-state index in [9.17, 15) is 19.8 Å². The minimum atomic E-state index is -0.789. The summed E-state index contributed by atoms with van der Waals surface area (Å²) < 4.78 is 5.92. The highest BCUT2D eigenvalue weighted by Gasteiger charge is 2.24. The van der Waals surface area contributed by atoms with E-state index < -0.39 is 18.2 Å². The molecule has 0 bridgehead atoms. The Bertz CT molecular complexity index is 961. The van der Waals surface area contributed by atoms with Crippen molar-refractivity contribution in [3.63, 3.8) is 0 Å². The van der Waals surface area contributed by atoms with Crippen molar-refractivity contribution in [2.75, 3.05) is 6.61 Å².